The second-order valence-electron chi connectivity index (χ2n) is 4.56. The highest BCUT2D eigenvalue weighted by Gasteiger charge is 2.89. The number of rotatable bonds is 2. The molecule has 0 saturated heterocycles. The third-order valence-corrected chi connectivity index (χ3v) is 3.16. The lowest BCUT2D eigenvalue weighted by Gasteiger charge is -2.36. The molecule has 0 aromatic carbocycles. The second kappa shape index (κ2) is 5.24. The van der Waals surface area contributed by atoms with Crippen molar-refractivity contribution in [1.82, 2.24) is 0 Å². The summed E-state index contributed by atoms with van der Waals surface area (Å²) in [5, 5.41) is 0. The van der Waals surface area contributed by atoms with Gasteiger partial charge < -0.3 is 4.74 Å². The van der Waals surface area contributed by atoms with Crippen LogP contribution in [0.5, 0.6) is 0 Å². The minimum Gasteiger partial charge on any atom is -0.461 e. The molecule has 11 heteroatoms. The zero-order chi connectivity index (χ0) is 16.7. The summed E-state index contributed by atoms with van der Waals surface area (Å²) in [6, 6.07) is 0. The van der Waals surface area contributed by atoms with E-state index in [1.165, 1.54) is 0 Å². The molecular weight excluding hydrogens is 323 g/mol. The molecule has 0 N–H and O–H groups in total. The number of halogens is 9. The Kier molecular flexibility index (Phi) is 4.46. The van der Waals surface area contributed by atoms with Gasteiger partial charge >= 0.3 is 29.9 Å². The number of hydrogen-bond acceptors (Lipinski definition) is 2. The van der Waals surface area contributed by atoms with Crippen LogP contribution in [0.3, 0.4) is 0 Å². The first-order valence-electron chi connectivity index (χ1n) is 5.66. The van der Waals surface area contributed by atoms with E-state index >= 15 is 0 Å². The highest BCUT2D eigenvalue weighted by molar-refractivity contribution is 5.80. The van der Waals surface area contributed by atoms with Crippen LogP contribution < -0.4 is 0 Å². The van der Waals surface area contributed by atoms with Gasteiger partial charge in [-0.15, -0.1) is 0 Å². The first kappa shape index (κ1) is 17.9. The van der Waals surface area contributed by atoms with Gasteiger partial charge in [-0.2, -0.15) is 39.5 Å². The van der Waals surface area contributed by atoms with E-state index in [-0.39, 0.29) is 12.8 Å². The van der Waals surface area contributed by atoms with Crippen molar-refractivity contribution in [3.8, 4) is 0 Å². The van der Waals surface area contributed by atoms with Crippen molar-refractivity contribution in [2.45, 2.75) is 50.3 Å². The van der Waals surface area contributed by atoms with Crippen LogP contribution in [0.1, 0.15) is 25.7 Å². The van der Waals surface area contributed by atoms with Crippen LogP contribution in [0.25, 0.3) is 0 Å². The molecule has 1 aliphatic carbocycles. The molecule has 0 aromatic rings. The first-order valence-corrected chi connectivity index (χ1v) is 5.66. The van der Waals surface area contributed by atoms with Crippen molar-refractivity contribution in [2.24, 2.45) is 5.41 Å². The maximum absolute atomic E-state index is 12.6. The van der Waals surface area contributed by atoms with Gasteiger partial charge in [0.05, 0.1) is 0 Å². The maximum atomic E-state index is 12.6. The Labute approximate surface area is 112 Å². The molecule has 0 bridgehead atoms. The SMILES string of the molecule is O=C(OC1CCCC1)C(C(F)(F)F)(C(F)(F)F)C(F)(F)F. The fraction of sp³-hybridized carbons (Fsp3) is 0.900. The Morgan fingerprint density at radius 3 is 1.38 bits per heavy atom. The van der Waals surface area contributed by atoms with E-state index in [1.54, 1.807) is 0 Å². The minimum absolute atomic E-state index is 0.0740. The fourth-order valence-corrected chi connectivity index (χ4v) is 2.08. The van der Waals surface area contributed by atoms with Gasteiger partial charge in [0.1, 0.15) is 6.10 Å². The summed E-state index contributed by atoms with van der Waals surface area (Å²) in [6.45, 7) is 0. The third kappa shape index (κ3) is 2.91. The smallest absolute Gasteiger partial charge is 0.422 e. The van der Waals surface area contributed by atoms with Gasteiger partial charge in [0.25, 0.3) is 0 Å². The molecule has 1 saturated carbocycles. The summed E-state index contributed by atoms with van der Waals surface area (Å²) in [6.07, 6.45) is -21.6. The molecule has 0 atom stereocenters. The predicted octanol–water partition coefficient (Wildman–Crippen LogP) is 4.15. The molecule has 1 rings (SSSR count). The van der Waals surface area contributed by atoms with Crippen LogP contribution in [-0.4, -0.2) is 30.6 Å². The van der Waals surface area contributed by atoms with Gasteiger partial charge in [-0.1, -0.05) is 0 Å². The average molecular weight is 332 g/mol. The second-order valence-corrected chi connectivity index (χ2v) is 4.56. The van der Waals surface area contributed by atoms with Gasteiger partial charge in [-0.05, 0) is 25.7 Å². The Balaban J connectivity index is 3.32. The molecule has 2 nitrogen and oxygen atoms in total. The highest BCUT2D eigenvalue weighted by Crippen LogP contribution is 2.60. The van der Waals surface area contributed by atoms with Gasteiger partial charge in [-0.25, -0.2) is 0 Å². The highest BCUT2D eigenvalue weighted by atomic mass is 19.4. The van der Waals surface area contributed by atoms with E-state index in [4.69, 9.17) is 0 Å². The van der Waals surface area contributed by atoms with Crippen LogP contribution in [0.2, 0.25) is 0 Å². The van der Waals surface area contributed by atoms with E-state index in [1.807, 2.05) is 0 Å². The number of ether oxygens (including phenoxy) is 1. The summed E-state index contributed by atoms with van der Waals surface area (Å²) in [4.78, 5) is 11.2. The van der Waals surface area contributed by atoms with Crippen LogP contribution in [0, 0.1) is 5.41 Å². The summed E-state index contributed by atoms with van der Waals surface area (Å²) in [7, 11) is 0. The van der Waals surface area contributed by atoms with Gasteiger partial charge in [0.15, 0.2) is 0 Å². The lowest BCUT2D eigenvalue weighted by molar-refractivity contribution is -0.412. The summed E-state index contributed by atoms with van der Waals surface area (Å²) in [5.41, 5.74) is -6.53. The molecule has 1 fully saturated rings. The van der Waals surface area contributed by atoms with Crippen molar-refractivity contribution in [3.63, 3.8) is 0 Å². The standard InChI is InChI=1S/C10H9F9O2/c11-8(12,13)7(9(14,15)16,10(17,18)19)6(20)21-5-3-1-2-4-5/h5H,1-4H2. The monoisotopic (exact) mass is 332 g/mol. The van der Waals surface area contributed by atoms with Crippen LogP contribution >= 0.6 is 0 Å². The van der Waals surface area contributed by atoms with Crippen LogP contribution in [-0.2, 0) is 9.53 Å². The molecule has 0 aromatic heterocycles. The van der Waals surface area contributed by atoms with Crippen molar-refractivity contribution < 1.29 is 49.0 Å². The zero-order valence-electron chi connectivity index (χ0n) is 10.1. The number of esters is 1. The molecule has 21 heavy (non-hydrogen) atoms. The van der Waals surface area contributed by atoms with Gasteiger partial charge in [0.2, 0.25) is 0 Å². The number of alkyl halides is 9. The largest absolute Gasteiger partial charge is 0.461 e. The van der Waals surface area contributed by atoms with Crippen molar-refractivity contribution >= 4 is 5.97 Å². The number of carbonyl (C=O) groups is 1. The fourth-order valence-electron chi connectivity index (χ4n) is 2.08. The molecule has 0 radical (unpaired) electrons. The molecule has 0 unspecified atom stereocenters. The molecule has 0 aliphatic heterocycles. The van der Waals surface area contributed by atoms with E-state index in [0.717, 1.165) is 0 Å². The Bertz CT molecular complexity index is 351. The molecule has 124 valence electrons. The minimum atomic E-state index is -6.92. The molecule has 0 amide bonds. The van der Waals surface area contributed by atoms with Crippen molar-refractivity contribution in [1.29, 1.82) is 0 Å². The lowest BCUT2D eigenvalue weighted by atomic mass is 9.85. The van der Waals surface area contributed by atoms with E-state index in [0.29, 0.717) is 12.8 Å². The number of carbonyl (C=O) groups excluding carboxylic acids is 1. The lowest BCUT2D eigenvalue weighted by Crippen LogP contribution is -2.65. The summed E-state index contributed by atoms with van der Waals surface area (Å²) < 4.78 is 117. The van der Waals surface area contributed by atoms with Gasteiger partial charge in [0, 0.05) is 0 Å². The van der Waals surface area contributed by atoms with Crippen molar-refractivity contribution in [2.75, 3.05) is 0 Å². The number of hydrogen-bond donors (Lipinski definition) is 0. The Morgan fingerprint density at radius 1 is 0.762 bits per heavy atom. The zero-order valence-corrected chi connectivity index (χ0v) is 10.1. The first-order chi connectivity index (χ1) is 9.25. The van der Waals surface area contributed by atoms with E-state index < -0.39 is 36.0 Å². The maximum Gasteiger partial charge on any atom is 0.422 e. The van der Waals surface area contributed by atoms with Crippen molar-refractivity contribution in [3.05, 3.63) is 0 Å². The van der Waals surface area contributed by atoms with Gasteiger partial charge in [-0.3, -0.25) is 4.79 Å². The van der Waals surface area contributed by atoms with E-state index in [2.05, 4.69) is 4.74 Å². The van der Waals surface area contributed by atoms with Crippen LogP contribution in [0.15, 0.2) is 0 Å². The molecule has 0 heterocycles. The molecular formula is C10H9F9O2. The summed E-state index contributed by atoms with van der Waals surface area (Å²) in [5.74, 6) is -3.37. The van der Waals surface area contributed by atoms with E-state index in [9.17, 15) is 44.3 Å². The third-order valence-electron chi connectivity index (χ3n) is 3.16. The Morgan fingerprint density at radius 2 is 1.10 bits per heavy atom. The Hall–Kier alpha value is -1.16. The summed E-state index contributed by atoms with van der Waals surface area (Å²) >= 11 is 0. The molecule has 1 aliphatic rings. The quantitative estimate of drug-likeness (QED) is 0.561. The normalized spacial score (nSPS) is 18.9. The predicted molar refractivity (Wildman–Crippen MR) is 48.9 cm³/mol. The molecule has 0 spiro atoms. The average Bonchev–Trinajstić information content (AvgIpc) is 2.62. The topological polar surface area (TPSA) is 26.3 Å². The van der Waals surface area contributed by atoms with Crippen LogP contribution in [0.4, 0.5) is 39.5 Å².